The predicted octanol–water partition coefficient (Wildman–Crippen LogP) is 2.94. The van der Waals surface area contributed by atoms with E-state index in [-0.39, 0.29) is 41.0 Å². The summed E-state index contributed by atoms with van der Waals surface area (Å²) >= 11 is 1.76. The molecule has 4 nitrogen and oxygen atoms in total. The van der Waals surface area contributed by atoms with Crippen molar-refractivity contribution in [3.05, 3.63) is 90.0 Å². The van der Waals surface area contributed by atoms with Gasteiger partial charge in [-0.1, -0.05) is 61.2 Å². The molecule has 0 aliphatic carbocycles. The van der Waals surface area contributed by atoms with Crippen LogP contribution >= 0.6 is 11.8 Å². The Kier molecular flexibility index (Phi) is 12.6. The molecule has 0 saturated heterocycles. The molecule has 0 aromatic heterocycles. The van der Waals surface area contributed by atoms with E-state index in [2.05, 4.69) is 48.5 Å². The van der Waals surface area contributed by atoms with Crippen LogP contribution in [0.25, 0.3) is 0 Å². The van der Waals surface area contributed by atoms with Crippen LogP contribution in [0.4, 0.5) is 0 Å². The third-order valence-electron chi connectivity index (χ3n) is 4.81. The molecule has 0 aliphatic rings. The van der Waals surface area contributed by atoms with Crippen molar-refractivity contribution >= 4 is 17.7 Å². The van der Waals surface area contributed by atoms with Gasteiger partial charge in [0.15, 0.2) is 0 Å². The summed E-state index contributed by atoms with van der Waals surface area (Å²) < 4.78 is 5.85. The minimum absolute atomic E-state index is 0. The summed E-state index contributed by atoms with van der Waals surface area (Å²) in [6, 6.07) is 26.7. The number of benzene rings is 3. The van der Waals surface area contributed by atoms with Crippen LogP contribution in [0.1, 0.15) is 24.5 Å². The van der Waals surface area contributed by atoms with Crippen LogP contribution in [0, 0.1) is 5.92 Å². The maximum atomic E-state index is 11.2. The van der Waals surface area contributed by atoms with Crippen molar-refractivity contribution in [2.75, 3.05) is 6.61 Å². The van der Waals surface area contributed by atoms with Gasteiger partial charge in [-0.05, 0) is 60.4 Å². The summed E-state index contributed by atoms with van der Waals surface area (Å²) in [6.45, 7) is 2.51. The monoisotopic (exact) mass is 446 g/mol. The van der Waals surface area contributed by atoms with Crippen LogP contribution in [-0.2, 0) is 17.6 Å². The second-order valence-electron chi connectivity index (χ2n) is 6.95. The summed E-state index contributed by atoms with van der Waals surface area (Å²) in [5.41, 5.74) is 2.27. The van der Waals surface area contributed by atoms with Crippen molar-refractivity contribution in [1.29, 1.82) is 0 Å². The summed E-state index contributed by atoms with van der Waals surface area (Å²) in [4.78, 5) is 13.6. The van der Waals surface area contributed by atoms with Crippen LogP contribution in [-0.4, -0.2) is 23.2 Å². The molecule has 31 heavy (non-hydrogen) atoms. The fourth-order valence-corrected chi connectivity index (χ4v) is 3.89. The van der Waals surface area contributed by atoms with E-state index >= 15 is 0 Å². The molecule has 0 fully saturated rings. The molecular weight excluding hydrogens is 419 g/mol. The molecule has 0 radical (unpaired) electrons. The van der Waals surface area contributed by atoms with Crippen LogP contribution in [0.3, 0.4) is 0 Å². The number of carbonyl (C=O) groups is 1. The molecule has 3 aromatic rings. The van der Waals surface area contributed by atoms with Gasteiger partial charge < -0.3 is 15.3 Å². The van der Waals surface area contributed by atoms with Gasteiger partial charge in [-0.25, -0.2) is 0 Å². The zero-order valence-electron chi connectivity index (χ0n) is 18.0. The number of hydrogen-bond acceptors (Lipinski definition) is 4. The van der Waals surface area contributed by atoms with Crippen LogP contribution in [0.5, 0.6) is 5.75 Å². The third-order valence-corrected chi connectivity index (χ3v) is 5.82. The fourth-order valence-electron chi connectivity index (χ4n) is 3.05. The van der Waals surface area contributed by atoms with Crippen molar-refractivity contribution in [2.45, 2.75) is 36.0 Å². The van der Waals surface area contributed by atoms with E-state index in [1.54, 1.807) is 11.8 Å². The Balaban J connectivity index is 0.00000240. The van der Waals surface area contributed by atoms with E-state index in [1.165, 1.54) is 15.4 Å². The average molecular weight is 447 g/mol. The molecule has 3 aromatic carbocycles. The van der Waals surface area contributed by atoms with Crippen LogP contribution in [0.15, 0.2) is 88.7 Å². The smallest absolute Gasteiger partial charge is 0.870 e. The molecule has 0 aliphatic heterocycles. The first-order valence-corrected chi connectivity index (χ1v) is 10.7. The minimum atomic E-state index is -0.735. The normalized spacial score (nSPS) is 11.0. The first-order chi connectivity index (χ1) is 14.1. The first kappa shape index (κ1) is 27.3. The van der Waals surface area contributed by atoms with Gasteiger partial charge in [-0.2, -0.15) is 0 Å². The molecule has 158 valence electrons. The molecule has 1 unspecified atom stereocenters. The Morgan fingerprint density at radius 1 is 0.903 bits per heavy atom. The summed E-state index contributed by atoms with van der Waals surface area (Å²) in [5.74, 6) is -0.251. The number of carboxylic acids is 1. The summed E-state index contributed by atoms with van der Waals surface area (Å²) in [7, 11) is 0. The Bertz CT molecular complexity index is 899. The van der Waals surface area contributed by atoms with Gasteiger partial charge >= 0.3 is 35.5 Å². The molecule has 0 bridgehead atoms. The SMILES string of the molecule is CCC(Cc1ccc(OCCc2ccc(Sc3ccccc3)cc2)cc1)C(=O)O.[Na+].[OH-]. The molecule has 0 heterocycles. The van der Waals surface area contributed by atoms with Crippen molar-refractivity contribution in [3.63, 3.8) is 0 Å². The Morgan fingerprint density at radius 2 is 1.48 bits per heavy atom. The Labute approximate surface area is 210 Å². The van der Waals surface area contributed by atoms with Gasteiger partial charge in [0.1, 0.15) is 5.75 Å². The van der Waals surface area contributed by atoms with Crippen molar-refractivity contribution < 1.29 is 49.7 Å². The number of rotatable bonds is 10. The molecular formula is C25H27NaO4S. The minimum Gasteiger partial charge on any atom is -0.870 e. The average Bonchev–Trinajstić information content (AvgIpc) is 2.75. The molecule has 6 heteroatoms. The van der Waals surface area contributed by atoms with E-state index in [4.69, 9.17) is 4.74 Å². The van der Waals surface area contributed by atoms with Gasteiger partial charge in [0, 0.05) is 16.2 Å². The van der Waals surface area contributed by atoms with E-state index in [0.717, 1.165) is 17.7 Å². The standard InChI is InChI=1S/C25H26O3S.Na.H2O/c1-2-21(25(26)27)18-20-8-12-22(13-9-20)28-17-16-19-10-14-24(15-11-19)29-23-6-4-3-5-7-23;;/h3-15,21H,2,16-18H2,1H3,(H,26,27);;1H2/q;+1;/p-1. The van der Waals surface area contributed by atoms with E-state index in [9.17, 15) is 9.90 Å². The zero-order chi connectivity index (χ0) is 20.5. The third kappa shape index (κ3) is 9.09. The van der Waals surface area contributed by atoms with Crippen LogP contribution in [0.2, 0.25) is 0 Å². The van der Waals surface area contributed by atoms with Crippen molar-refractivity contribution in [3.8, 4) is 5.75 Å². The van der Waals surface area contributed by atoms with Gasteiger partial charge in [0.05, 0.1) is 12.5 Å². The first-order valence-electron chi connectivity index (χ1n) is 9.90. The van der Waals surface area contributed by atoms with E-state index in [0.29, 0.717) is 19.4 Å². The summed E-state index contributed by atoms with van der Waals surface area (Å²) in [5, 5.41) is 9.18. The van der Waals surface area contributed by atoms with Crippen LogP contribution < -0.4 is 34.3 Å². The molecule has 0 spiro atoms. The quantitative estimate of drug-likeness (QED) is 0.485. The number of ether oxygens (including phenoxy) is 1. The molecule has 0 amide bonds. The van der Waals surface area contributed by atoms with E-state index < -0.39 is 5.97 Å². The number of aliphatic carboxylic acids is 1. The Hall–Kier alpha value is -1.76. The van der Waals surface area contributed by atoms with Crippen molar-refractivity contribution in [2.24, 2.45) is 5.92 Å². The second-order valence-corrected chi connectivity index (χ2v) is 8.10. The topological polar surface area (TPSA) is 76.5 Å². The van der Waals surface area contributed by atoms with Gasteiger partial charge in [0.25, 0.3) is 0 Å². The number of carboxylic acid groups (broad SMARTS) is 1. The molecule has 1 atom stereocenters. The molecule has 2 N–H and O–H groups in total. The zero-order valence-corrected chi connectivity index (χ0v) is 20.8. The largest absolute Gasteiger partial charge is 1.00 e. The molecule has 0 saturated carbocycles. The number of hydrogen-bond donors (Lipinski definition) is 1. The maximum absolute atomic E-state index is 11.2. The predicted molar refractivity (Wildman–Crippen MR) is 120 cm³/mol. The van der Waals surface area contributed by atoms with Gasteiger partial charge in [-0.3, -0.25) is 4.79 Å². The van der Waals surface area contributed by atoms with E-state index in [1.807, 2.05) is 37.3 Å². The summed E-state index contributed by atoms with van der Waals surface area (Å²) in [6.07, 6.45) is 2.03. The molecule has 3 rings (SSSR count). The maximum Gasteiger partial charge on any atom is 1.00 e. The van der Waals surface area contributed by atoms with Gasteiger partial charge in [0.2, 0.25) is 0 Å². The fraction of sp³-hybridized carbons (Fsp3) is 0.240. The Morgan fingerprint density at radius 3 is 2.06 bits per heavy atom. The second kappa shape index (κ2) is 14.3. The van der Waals surface area contributed by atoms with Crippen molar-refractivity contribution in [1.82, 2.24) is 0 Å². The van der Waals surface area contributed by atoms with Gasteiger partial charge in [-0.15, -0.1) is 0 Å².